The zero-order valence-corrected chi connectivity index (χ0v) is 9.56. The molecule has 1 atom stereocenters. The van der Waals surface area contributed by atoms with E-state index >= 15 is 0 Å². The maximum absolute atomic E-state index is 6.14. The summed E-state index contributed by atoms with van der Waals surface area (Å²) in [6, 6.07) is 4.08. The number of aryl methyl sites for hydroxylation is 1. The summed E-state index contributed by atoms with van der Waals surface area (Å²) in [4.78, 5) is 0. The Kier molecular flexibility index (Phi) is 3.78. The van der Waals surface area contributed by atoms with Crippen molar-refractivity contribution in [3.63, 3.8) is 0 Å². The number of hydrogen-bond donors (Lipinski definition) is 1. The van der Waals surface area contributed by atoms with Crippen LogP contribution in [0.1, 0.15) is 18.1 Å². The topological polar surface area (TPSA) is 35.2 Å². The molecular weight excluding hydrogens is 198 g/mol. The standard InChI is InChI=1S/C11H16ClNO/c1-7-4-9(6-8(2)13)11(12)10(5-7)14-3/h4-5,8H,6,13H2,1-3H3. The van der Waals surface area contributed by atoms with E-state index in [0.717, 1.165) is 23.3 Å². The Balaban J connectivity index is 3.08. The highest BCUT2D eigenvalue weighted by atomic mass is 35.5. The summed E-state index contributed by atoms with van der Waals surface area (Å²) in [7, 11) is 1.62. The fourth-order valence-corrected chi connectivity index (χ4v) is 1.72. The number of benzene rings is 1. The van der Waals surface area contributed by atoms with Gasteiger partial charge in [-0.15, -0.1) is 0 Å². The van der Waals surface area contributed by atoms with E-state index in [1.165, 1.54) is 0 Å². The molecule has 0 aromatic heterocycles. The highest BCUT2D eigenvalue weighted by Crippen LogP contribution is 2.30. The summed E-state index contributed by atoms with van der Waals surface area (Å²) in [6.45, 7) is 3.98. The molecule has 0 fully saturated rings. The van der Waals surface area contributed by atoms with E-state index in [0.29, 0.717) is 5.02 Å². The summed E-state index contributed by atoms with van der Waals surface area (Å²) < 4.78 is 5.18. The Morgan fingerprint density at radius 3 is 2.64 bits per heavy atom. The van der Waals surface area contributed by atoms with Gasteiger partial charge in [-0.05, 0) is 37.5 Å². The molecule has 0 aliphatic heterocycles. The maximum atomic E-state index is 6.14. The summed E-state index contributed by atoms with van der Waals surface area (Å²) in [5.41, 5.74) is 7.93. The first-order chi connectivity index (χ1) is 6.54. The lowest BCUT2D eigenvalue weighted by molar-refractivity contribution is 0.414. The van der Waals surface area contributed by atoms with Gasteiger partial charge in [-0.3, -0.25) is 0 Å². The first-order valence-electron chi connectivity index (χ1n) is 4.63. The van der Waals surface area contributed by atoms with E-state index in [1.807, 2.05) is 26.0 Å². The van der Waals surface area contributed by atoms with Gasteiger partial charge in [0.05, 0.1) is 12.1 Å². The largest absolute Gasteiger partial charge is 0.495 e. The molecule has 1 aromatic rings. The fraction of sp³-hybridized carbons (Fsp3) is 0.455. The Hall–Kier alpha value is -0.730. The van der Waals surface area contributed by atoms with E-state index in [1.54, 1.807) is 7.11 Å². The van der Waals surface area contributed by atoms with Crippen molar-refractivity contribution < 1.29 is 4.74 Å². The minimum Gasteiger partial charge on any atom is -0.495 e. The highest BCUT2D eigenvalue weighted by Gasteiger charge is 2.09. The molecule has 0 bridgehead atoms. The minimum atomic E-state index is 0.110. The minimum absolute atomic E-state index is 0.110. The van der Waals surface area contributed by atoms with Gasteiger partial charge in [-0.1, -0.05) is 17.7 Å². The second kappa shape index (κ2) is 4.67. The zero-order valence-electron chi connectivity index (χ0n) is 8.80. The third-order valence-corrected chi connectivity index (χ3v) is 2.45. The first-order valence-corrected chi connectivity index (χ1v) is 5.01. The Morgan fingerprint density at radius 2 is 2.14 bits per heavy atom. The molecule has 0 aliphatic carbocycles. The number of methoxy groups -OCH3 is 1. The van der Waals surface area contributed by atoms with Crippen LogP contribution in [0.3, 0.4) is 0 Å². The first kappa shape index (κ1) is 11.3. The second-order valence-corrected chi connectivity index (χ2v) is 4.00. The average molecular weight is 214 g/mol. The fourth-order valence-electron chi connectivity index (χ4n) is 1.45. The maximum Gasteiger partial charge on any atom is 0.137 e. The number of hydrogen-bond acceptors (Lipinski definition) is 2. The zero-order chi connectivity index (χ0) is 10.7. The van der Waals surface area contributed by atoms with E-state index < -0.39 is 0 Å². The van der Waals surface area contributed by atoms with Crippen molar-refractivity contribution in [1.82, 2.24) is 0 Å². The van der Waals surface area contributed by atoms with E-state index in [4.69, 9.17) is 22.1 Å². The number of ether oxygens (including phenoxy) is 1. The normalized spacial score (nSPS) is 12.6. The van der Waals surface area contributed by atoms with Gasteiger partial charge in [0.25, 0.3) is 0 Å². The molecule has 0 spiro atoms. The van der Waals surface area contributed by atoms with Crippen molar-refractivity contribution in [3.05, 3.63) is 28.3 Å². The molecule has 0 saturated heterocycles. The SMILES string of the molecule is COc1cc(C)cc(CC(C)N)c1Cl. The van der Waals surface area contributed by atoms with Crippen LogP contribution in [0.4, 0.5) is 0 Å². The molecule has 0 amide bonds. The van der Waals surface area contributed by atoms with Gasteiger partial charge in [0, 0.05) is 6.04 Å². The number of rotatable bonds is 3. The van der Waals surface area contributed by atoms with E-state index in [-0.39, 0.29) is 6.04 Å². The van der Waals surface area contributed by atoms with E-state index in [2.05, 4.69) is 0 Å². The monoisotopic (exact) mass is 213 g/mol. The molecule has 78 valence electrons. The average Bonchev–Trinajstić information content (AvgIpc) is 2.09. The summed E-state index contributed by atoms with van der Waals surface area (Å²) >= 11 is 6.14. The third kappa shape index (κ3) is 2.63. The summed E-state index contributed by atoms with van der Waals surface area (Å²) in [5.74, 6) is 0.724. The quantitative estimate of drug-likeness (QED) is 0.838. The molecule has 3 heteroatoms. The highest BCUT2D eigenvalue weighted by molar-refractivity contribution is 6.32. The predicted molar refractivity (Wildman–Crippen MR) is 60.1 cm³/mol. The van der Waals surface area contributed by atoms with Gasteiger partial charge < -0.3 is 10.5 Å². The van der Waals surface area contributed by atoms with Crippen LogP contribution in [0.2, 0.25) is 5.02 Å². The van der Waals surface area contributed by atoms with Crippen molar-refractivity contribution in [2.75, 3.05) is 7.11 Å². The molecule has 2 N–H and O–H groups in total. The van der Waals surface area contributed by atoms with Crippen LogP contribution in [0.15, 0.2) is 12.1 Å². The lowest BCUT2D eigenvalue weighted by Crippen LogP contribution is -2.18. The van der Waals surface area contributed by atoms with Gasteiger partial charge in [-0.25, -0.2) is 0 Å². The molecule has 1 rings (SSSR count). The Morgan fingerprint density at radius 1 is 1.50 bits per heavy atom. The van der Waals surface area contributed by atoms with Crippen LogP contribution in [-0.4, -0.2) is 13.2 Å². The summed E-state index contributed by atoms with van der Waals surface area (Å²) in [6.07, 6.45) is 0.775. The van der Waals surface area contributed by atoms with Crippen molar-refractivity contribution in [2.45, 2.75) is 26.3 Å². The van der Waals surface area contributed by atoms with Crippen molar-refractivity contribution in [3.8, 4) is 5.75 Å². The predicted octanol–water partition coefficient (Wildman–Crippen LogP) is 2.55. The molecule has 0 radical (unpaired) electrons. The second-order valence-electron chi connectivity index (χ2n) is 3.62. The Labute approximate surface area is 90.0 Å². The lowest BCUT2D eigenvalue weighted by atomic mass is 10.0. The molecule has 0 saturated carbocycles. The third-order valence-electron chi connectivity index (χ3n) is 2.02. The number of nitrogens with two attached hydrogens (primary N) is 1. The van der Waals surface area contributed by atoms with Gasteiger partial charge in [-0.2, -0.15) is 0 Å². The van der Waals surface area contributed by atoms with Gasteiger partial charge in [0.1, 0.15) is 5.75 Å². The van der Waals surface area contributed by atoms with E-state index in [9.17, 15) is 0 Å². The molecular formula is C11H16ClNO. The van der Waals surface area contributed by atoms with Crippen molar-refractivity contribution in [2.24, 2.45) is 5.73 Å². The van der Waals surface area contributed by atoms with Gasteiger partial charge in [0.2, 0.25) is 0 Å². The molecule has 2 nitrogen and oxygen atoms in total. The Bertz CT molecular complexity index is 323. The molecule has 14 heavy (non-hydrogen) atoms. The van der Waals surface area contributed by atoms with Crippen LogP contribution in [-0.2, 0) is 6.42 Å². The van der Waals surface area contributed by atoms with Crippen LogP contribution in [0, 0.1) is 6.92 Å². The van der Waals surface area contributed by atoms with Crippen LogP contribution in [0.25, 0.3) is 0 Å². The van der Waals surface area contributed by atoms with Crippen molar-refractivity contribution >= 4 is 11.6 Å². The molecule has 0 heterocycles. The van der Waals surface area contributed by atoms with Crippen LogP contribution in [0.5, 0.6) is 5.75 Å². The van der Waals surface area contributed by atoms with Gasteiger partial charge >= 0.3 is 0 Å². The lowest BCUT2D eigenvalue weighted by Gasteiger charge is -2.12. The molecule has 1 unspecified atom stereocenters. The van der Waals surface area contributed by atoms with Crippen LogP contribution >= 0.6 is 11.6 Å². The summed E-state index contributed by atoms with van der Waals surface area (Å²) in [5, 5.41) is 0.676. The number of halogens is 1. The van der Waals surface area contributed by atoms with Gasteiger partial charge in [0.15, 0.2) is 0 Å². The molecule has 0 aliphatic rings. The van der Waals surface area contributed by atoms with Crippen molar-refractivity contribution in [1.29, 1.82) is 0 Å². The molecule has 1 aromatic carbocycles. The smallest absolute Gasteiger partial charge is 0.137 e. The van der Waals surface area contributed by atoms with Crippen LogP contribution < -0.4 is 10.5 Å².